The van der Waals surface area contributed by atoms with Crippen LogP contribution in [0, 0.1) is 0 Å². The van der Waals surface area contributed by atoms with Crippen LogP contribution in [0.15, 0.2) is 59.8 Å². The third-order valence-corrected chi connectivity index (χ3v) is 6.73. The van der Waals surface area contributed by atoms with Gasteiger partial charge in [0.05, 0.1) is 15.9 Å². The number of aromatic nitrogens is 2. The normalized spacial score (nSPS) is 16.5. The van der Waals surface area contributed by atoms with Crippen LogP contribution >= 0.6 is 0 Å². The molecule has 5 nitrogen and oxygen atoms in total. The van der Waals surface area contributed by atoms with Gasteiger partial charge in [0.1, 0.15) is 0 Å². The summed E-state index contributed by atoms with van der Waals surface area (Å²) in [5, 5.41) is 0. The molecular formula is C20H21N3O2S. The van der Waals surface area contributed by atoms with Crippen molar-refractivity contribution in [1.29, 1.82) is 0 Å². The Balaban J connectivity index is 1.71. The Hall–Kier alpha value is -2.31. The molecule has 1 saturated heterocycles. The molecule has 134 valence electrons. The van der Waals surface area contributed by atoms with Gasteiger partial charge in [0, 0.05) is 25.5 Å². The molecule has 0 unspecified atom stereocenters. The van der Waals surface area contributed by atoms with Crippen molar-refractivity contribution in [3.63, 3.8) is 0 Å². The van der Waals surface area contributed by atoms with Crippen molar-refractivity contribution in [3.05, 3.63) is 54.9 Å². The molecule has 26 heavy (non-hydrogen) atoms. The third-order valence-electron chi connectivity index (χ3n) is 4.84. The van der Waals surface area contributed by atoms with Gasteiger partial charge in [0.15, 0.2) is 0 Å². The van der Waals surface area contributed by atoms with Gasteiger partial charge < -0.3 is 0 Å². The smallest absolute Gasteiger partial charge is 0.243 e. The lowest BCUT2D eigenvalue weighted by atomic mass is 10.1. The maximum absolute atomic E-state index is 13.0. The van der Waals surface area contributed by atoms with Crippen LogP contribution in [0.5, 0.6) is 0 Å². The van der Waals surface area contributed by atoms with Gasteiger partial charge in [-0.15, -0.1) is 0 Å². The van der Waals surface area contributed by atoms with E-state index < -0.39 is 10.0 Å². The highest BCUT2D eigenvalue weighted by Gasteiger charge is 2.25. The Morgan fingerprint density at radius 1 is 0.769 bits per heavy atom. The van der Waals surface area contributed by atoms with Crippen molar-refractivity contribution in [2.24, 2.45) is 0 Å². The molecule has 0 radical (unpaired) electrons. The zero-order chi connectivity index (χ0) is 18.0. The fourth-order valence-corrected chi connectivity index (χ4v) is 4.97. The summed E-state index contributed by atoms with van der Waals surface area (Å²) >= 11 is 0. The van der Waals surface area contributed by atoms with Crippen molar-refractivity contribution in [2.75, 3.05) is 13.1 Å². The number of nitrogens with zero attached hydrogens (tertiary/aromatic N) is 3. The lowest BCUT2D eigenvalue weighted by Crippen LogP contribution is -2.31. The van der Waals surface area contributed by atoms with Crippen LogP contribution in [-0.2, 0) is 10.0 Å². The molecule has 0 saturated carbocycles. The molecular weight excluding hydrogens is 346 g/mol. The van der Waals surface area contributed by atoms with Gasteiger partial charge in [-0.1, -0.05) is 31.0 Å². The number of benzene rings is 2. The van der Waals surface area contributed by atoms with E-state index in [1.807, 2.05) is 24.3 Å². The largest absolute Gasteiger partial charge is 0.253 e. The van der Waals surface area contributed by atoms with Crippen LogP contribution in [-0.4, -0.2) is 35.8 Å². The Morgan fingerprint density at radius 2 is 1.46 bits per heavy atom. The predicted molar refractivity (Wildman–Crippen MR) is 102 cm³/mol. The molecule has 1 aliphatic rings. The highest BCUT2D eigenvalue weighted by atomic mass is 32.2. The minimum atomic E-state index is -3.45. The van der Waals surface area contributed by atoms with E-state index in [-0.39, 0.29) is 0 Å². The number of sulfonamides is 1. The molecule has 0 bridgehead atoms. The quantitative estimate of drug-likeness (QED) is 0.705. The molecule has 1 aliphatic heterocycles. The average Bonchev–Trinajstić information content (AvgIpc) is 2.98. The Bertz CT molecular complexity index is 1030. The SMILES string of the molecule is O=S(=O)(c1cccc(-c2ccc3nccnc3c2)c1)N1CCCCCC1. The number of hydrogen-bond acceptors (Lipinski definition) is 4. The Labute approximate surface area is 153 Å². The van der Waals surface area contributed by atoms with Gasteiger partial charge in [-0.3, -0.25) is 9.97 Å². The van der Waals surface area contributed by atoms with Gasteiger partial charge >= 0.3 is 0 Å². The topological polar surface area (TPSA) is 63.2 Å². The van der Waals surface area contributed by atoms with E-state index in [1.165, 1.54) is 0 Å². The Kier molecular flexibility index (Phi) is 4.70. The lowest BCUT2D eigenvalue weighted by Gasteiger charge is -2.20. The molecule has 1 aromatic heterocycles. The molecule has 6 heteroatoms. The summed E-state index contributed by atoms with van der Waals surface area (Å²) in [5.41, 5.74) is 3.43. The molecule has 0 N–H and O–H groups in total. The lowest BCUT2D eigenvalue weighted by molar-refractivity contribution is 0.424. The summed E-state index contributed by atoms with van der Waals surface area (Å²) in [7, 11) is -3.45. The minimum Gasteiger partial charge on any atom is -0.253 e. The van der Waals surface area contributed by atoms with Crippen molar-refractivity contribution < 1.29 is 8.42 Å². The second-order valence-corrected chi connectivity index (χ2v) is 8.54. The molecule has 0 spiro atoms. The summed E-state index contributed by atoms with van der Waals surface area (Å²) < 4.78 is 27.7. The molecule has 2 heterocycles. The maximum Gasteiger partial charge on any atom is 0.243 e. The van der Waals surface area contributed by atoms with E-state index in [0.29, 0.717) is 18.0 Å². The van der Waals surface area contributed by atoms with Gasteiger partial charge in [-0.05, 0) is 48.2 Å². The monoisotopic (exact) mass is 367 g/mol. The van der Waals surface area contributed by atoms with Gasteiger partial charge in [0.2, 0.25) is 10.0 Å². The first kappa shape index (κ1) is 17.1. The summed E-state index contributed by atoms with van der Waals surface area (Å²) in [6.45, 7) is 1.22. The number of hydrogen-bond donors (Lipinski definition) is 0. The fourth-order valence-electron chi connectivity index (χ4n) is 3.41. The molecule has 3 aromatic rings. The summed E-state index contributed by atoms with van der Waals surface area (Å²) in [4.78, 5) is 8.97. The fraction of sp³-hybridized carbons (Fsp3) is 0.300. The summed E-state index contributed by atoms with van der Waals surface area (Å²) in [6.07, 6.45) is 7.39. The molecule has 0 aliphatic carbocycles. The predicted octanol–water partition coefficient (Wildman–Crippen LogP) is 3.86. The summed E-state index contributed by atoms with van der Waals surface area (Å²) in [5.74, 6) is 0. The van der Waals surface area contributed by atoms with Crippen molar-refractivity contribution >= 4 is 21.1 Å². The first-order valence-electron chi connectivity index (χ1n) is 8.96. The summed E-state index contributed by atoms with van der Waals surface area (Å²) in [6, 6.07) is 13.0. The van der Waals surface area contributed by atoms with Crippen LogP contribution < -0.4 is 0 Å². The van der Waals surface area contributed by atoms with Gasteiger partial charge in [-0.25, -0.2) is 8.42 Å². The standard InChI is InChI=1S/C20H21N3O2S/c24-26(25,23-12-3-1-2-4-13-23)18-7-5-6-16(14-18)17-8-9-19-20(15-17)22-11-10-21-19/h5-11,14-15H,1-4,12-13H2. The number of rotatable bonds is 3. The molecule has 0 atom stereocenters. The van der Waals surface area contributed by atoms with E-state index in [1.54, 1.807) is 34.9 Å². The van der Waals surface area contributed by atoms with E-state index in [4.69, 9.17) is 0 Å². The second-order valence-electron chi connectivity index (χ2n) is 6.61. The van der Waals surface area contributed by atoms with Crippen LogP contribution in [0.2, 0.25) is 0 Å². The molecule has 0 amide bonds. The highest BCUT2D eigenvalue weighted by molar-refractivity contribution is 7.89. The van der Waals surface area contributed by atoms with E-state index in [0.717, 1.165) is 47.8 Å². The first-order valence-corrected chi connectivity index (χ1v) is 10.4. The molecule has 2 aromatic carbocycles. The van der Waals surface area contributed by atoms with E-state index >= 15 is 0 Å². The minimum absolute atomic E-state index is 0.358. The van der Waals surface area contributed by atoms with Crippen LogP contribution in [0.3, 0.4) is 0 Å². The van der Waals surface area contributed by atoms with Crippen LogP contribution in [0.1, 0.15) is 25.7 Å². The highest BCUT2D eigenvalue weighted by Crippen LogP contribution is 2.27. The van der Waals surface area contributed by atoms with Gasteiger partial charge in [0.25, 0.3) is 0 Å². The number of fused-ring (bicyclic) bond motifs is 1. The average molecular weight is 367 g/mol. The molecule has 4 rings (SSSR count). The zero-order valence-electron chi connectivity index (χ0n) is 14.5. The van der Waals surface area contributed by atoms with Crippen molar-refractivity contribution in [2.45, 2.75) is 30.6 Å². The second kappa shape index (κ2) is 7.13. The third kappa shape index (κ3) is 3.34. The molecule has 1 fully saturated rings. The van der Waals surface area contributed by atoms with E-state index in [9.17, 15) is 8.42 Å². The van der Waals surface area contributed by atoms with E-state index in [2.05, 4.69) is 9.97 Å². The van der Waals surface area contributed by atoms with Crippen molar-refractivity contribution in [1.82, 2.24) is 14.3 Å². The zero-order valence-corrected chi connectivity index (χ0v) is 15.3. The van der Waals surface area contributed by atoms with Gasteiger partial charge in [-0.2, -0.15) is 4.31 Å². The van der Waals surface area contributed by atoms with Crippen LogP contribution in [0.4, 0.5) is 0 Å². The first-order chi connectivity index (χ1) is 12.6. The Morgan fingerprint density at radius 3 is 2.23 bits per heavy atom. The van der Waals surface area contributed by atoms with Crippen molar-refractivity contribution in [3.8, 4) is 11.1 Å². The maximum atomic E-state index is 13.0. The van der Waals surface area contributed by atoms with Crippen LogP contribution in [0.25, 0.3) is 22.2 Å².